The third kappa shape index (κ3) is 3.28. The van der Waals surface area contributed by atoms with Crippen molar-refractivity contribution in [1.82, 2.24) is 9.29 Å². The van der Waals surface area contributed by atoms with Crippen molar-refractivity contribution >= 4 is 33.0 Å². The first-order valence-electron chi connectivity index (χ1n) is 6.19. The van der Waals surface area contributed by atoms with Gasteiger partial charge in [-0.05, 0) is 26.7 Å². The van der Waals surface area contributed by atoms with Crippen LogP contribution in [0.5, 0.6) is 0 Å². The Balaban J connectivity index is 2.12. The number of hydrogen-bond acceptors (Lipinski definition) is 5. The van der Waals surface area contributed by atoms with E-state index in [1.807, 2.05) is 6.92 Å². The van der Waals surface area contributed by atoms with Crippen LogP contribution in [0.25, 0.3) is 0 Å². The van der Waals surface area contributed by atoms with Gasteiger partial charge in [0, 0.05) is 19.7 Å². The molecule has 8 heteroatoms. The first-order valence-corrected chi connectivity index (χ1v) is 8.83. The molecular weight excluding hydrogens is 308 g/mol. The molecule has 0 aliphatic carbocycles. The molecule has 0 radical (unpaired) electrons. The van der Waals surface area contributed by atoms with E-state index in [9.17, 15) is 8.42 Å². The molecule has 0 atom stereocenters. The summed E-state index contributed by atoms with van der Waals surface area (Å²) in [5, 5.41) is 0. The minimum Gasteiger partial charge on any atom is -0.378 e. The highest BCUT2D eigenvalue weighted by Gasteiger charge is 2.32. The summed E-state index contributed by atoms with van der Waals surface area (Å²) in [6.07, 6.45) is 1.64. The average molecular weight is 325 g/mol. The number of thiazole rings is 1. The summed E-state index contributed by atoms with van der Waals surface area (Å²) in [5.41, 5.74) is 0.474. The number of rotatable bonds is 4. The van der Waals surface area contributed by atoms with Crippen LogP contribution in [-0.4, -0.2) is 43.5 Å². The zero-order valence-electron chi connectivity index (χ0n) is 10.9. The van der Waals surface area contributed by atoms with E-state index in [1.54, 1.807) is 6.92 Å². The summed E-state index contributed by atoms with van der Waals surface area (Å²) in [6, 6.07) is 0. The lowest BCUT2D eigenvalue weighted by Gasteiger charge is -2.30. The zero-order valence-corrected chi connectivity index (χ0v) is 13.3. The van der Waals surface area contributed by atoms with E-state index in [2.05, 4.69) is 4.98 Å². The minimum atomic E-state index is -3.46. The number of aryl methyl sites for hydroxylation is 1. The Morgan fingerprint density at radius 3 is 2.58 bits per heavy atom. The fourth-order valence-corrected chi connectivity index (χ4v) is 5.53. The van der Waals surface area contributed by atoms with Crippen LogP contribution in [0.1, 0.15) is 25.5 Å². The maximum atomic E-state index is 12.5. The van der Waals surface area contributed by atoms with Gasteiger partial charge in [-0.2, -0.15) is 4.31 Å². The van der Waals surface area contributed by atoms with Crippen LogP contribution in [0.4, 0.5) is 0 Å². The standard InChI is InChI=1S/C11H17ClN2O3S2/c1-3-17-9-4-6-14(7-5-9)19(15,16)10-8(2)13-11(12)18-10/h9H,3-7H2,1-2H3. The van der Waals surface area contributed by atoms with Gasteiger partial charge in [-0.15, -0.1) is 0 Å². The molecule has 2 heterocycles. The number of nitrogens with zero attached hydrogens (tertiary/aromatic N) is 2. The number of halogens is 1. The largest absolute Gasteiger partial charge is 0.378 e. The van der Waals surface area contributed by atoms with E-state index in [0.717, 1.165) is 24.2 Å². The van der Waals surface area contributed by atoms with Crippen molar-refractivity contribution in [1.29, 1.82) is 0 Å². The van der Waals surface area contributed by atoms with Crippen molar-refractivity contribution in [2.45, 2.75) is 37.0 Å². The van der Waals surface area contributed by atoms with Crippen molar-refractivity contribution in [2.24, 2.45) is 0 Å². The summed E-state index contributed by atoms with van der Waals surface area (Å²) >= 11 is 6.80. The van der Waals surface area contributed by atoms with E-state index in [1.165, 1.54) is 4.31 Å². The fraction of sp³-hybridized carbons (Fsp3) is 0.727. The highest BCUT2D eigenvalue weighted by Crippen LogP contribution is 2.30. The predicted octanol–water partition coefficient (Wildman–Crippen LogP) is 2.29. The monoisotopic (exact) mass is 324 g/mol. The quantitative estimate of drug-likeness (QED) is 0.852. The molecule has 1 aromatic heterocycles. The second-order valence-electron chi connectivity index (χ2n) is 4.40. The molecule has 0 unspecified atom stereocenters. The summed E-state index contributed by atoms with van der Waals surface area (Å²) < 4.78 is 32.5. The molecule has 19 heavy (non-hydrogen) atoms. The van der Waals surface area contributed by atoms with Crippen molar-refractivity contribution in [3.63, 3.8) is 0 Å². The molecule has 1 aliphatic heterocycles. The molecule has 1 aromatic rings. The van der Waals surface area contributed by atoms with Gasteiger partial charge in [0.2, 0.25) is 0 Å². The normalized spacial score (nSPS) is 18.9. The Bertz CT molecular complexity index is 536. The molecule has 1 fully saturated rings. The number of hydrogen-bond donors (Lipinski definition) is 0. The smallest absolute Gasteiger partial charge is 0.254 e. The summed E-state index contributed by atoms with van der Waals surface area (Å²) in [7, 11) is -3.46. The summed E-state index contributed by atoms with van der Waals surface area (Å²) in [5.74, 6) is 0. The second kappa shape index (κ2) is 6.05. The minimum absolute atomic E-state index is 0.169. The van der Waals surface area contributed by atoms with Crippen molar-refractivity contribution in [3.05, 3.63) is 10.2 Å². The van der Waals surface area contributed by atoms with Crippen LogP contribution in [0.3, 0.4) is 0 Å². The van der Waals surface area contributed by atoms with Gasteiger partial charge in [0.1, 0.15) is 0 Å². The van der Waals surface area contributed by atoms with Crippen molar-refractivity contribution in [3.8, 4) is 0 Å². The van der Waals surface area contributed by atoms with Gasteiger partial charge in [-0.3, -0.25) is 0 Å². The number of piperidine rings is 1. The van der Waals surface area contributed by atoms with Crippen LogP contribution < -0.4 is 0 Å². The molecular formula is C11H17ClN2O3S2. The first kappa shape index (κ1) is 15.2. The van der Waals surface area contributed by atoms with Gasteiger partial charge >= 0.3 is 0 Å². The molecule has 5 nitrogen and oxygen atoms in total. The maximum Gasteiger partial charge on any atom is 0.254 e. The van der Waals surface area contributed by atoms with E-state index < -0.39 is 10.0 Å². The van der Waals surface area contributed by atoms with Gasteiger partial charge in [-0.25, -0.2) is 13.4 Å². The van der Waals surface area contributed by atoms with E-state index in [-0.39, 0.29) is 14.8 Å². The Hall–Kier alpha value is -0.210. The highest BCUT2D eigenvalue weighted by molar-refractivity contribution is 7.91. The number of sulfonamides is 1. The fourth-order valence-electron chi connectivity index (χ4n) is 2.18. The lowest BCUT2D eigenvalue weighted by atomic mass is 10.1. The molecule has 0 bridgehead atoms. The molecule has 0 spiro atoms. The van der Waals surface area contributed by atoms with Gasteiger partial charge in [0.15, 0.2) is 8.68 Å². The van der Waals surface area contributed by atoms with Gasteiger partial charge in [0.05, 0.1) is 11.8 Å². The van der Waals surface area contributed by atoms with Crippen LogP contribution >= 0.6 is 22.9 Å². The van der Waals surface area contributed by atoms with E-state index in [0.29, 0.717) is 25.4 Å². The van der Waals surface area contributed by atoms with Gasteiger partial charge in [-0.1, -0.05) is 22.9 Å². The predicted molar refractivity (Wildman–Crippen MR) is 75.3 cm³/mol. The Morgan fingerprint density at radius 1 is 1.47 bits per heavy atom. The van der Waals surface area contributed by atoms with Crippen molar-refractivity contribution < 1.29 is 13.2 Å². The van der Waals surface area contributed by atoms with Gasteiger partial charge in [0.25, 0.3) is 10.0 Å². The molecule has 108 valence electrons. The van der Waals surface area contributed by atoms with Crippen LogP contribution in [0.15, 0.2) is 4.21 Å². The van der Waals surface area contributed by atoms with Gasteiger partial charge < -0.3 is 4.74 Å². The topological polar surface area (TPSA) is 59.5 Å². The summed E-state index contributed by atoms with van der Waals surface area (Å²) in [4.78, 5) is 3.97. The summed E-state index contributed by atoms with van der Waals surface area (Å²) in [6.45, 7) is 5.26. The van der Waals surface area contributed by atoms with E-state index in [4.69, 9.17) is 16.3 Å². The number of ether oxygens (including phenoxy) is 1. The molecule has 0 aromatic carbocycles. The second-order valence-corrected chi connectivity index (χ2v) is 8.11. The SMILES string of the molecule is CCOC1CCN(S(=O)(=O)c2sc(Cl)nc2C)CC1. The molecule has 1 saturated heterocycles. The Labute approximate surface area is 122 Å². The molecule has 1 aliphatic rings. The Morgan fingerprint density at radius 2 is 2.11 bits per heavy atom. The average Bonchev–Trinajstić information content (AvgIpc) is 2.70. The van der Waals surface area contributed by atoms with Crippen LogP contribution in [-0.2, 0) is 14.8 Å². The zero-order chi connectivity index (χ0) is 14.0. The molecule has 0 saturated carbocycles. The van der Waals surface area contributed by atoms with Crippen molar-refractivity contribution in [2.75, 3.05) is 19.7 Å². The number of aromatic nitrogens is 1. The Kier molecular flexibility index (Phi) is 4.84. The highest BCUT2D eigenvalue weighted by atomic mass is 35.5. The maximum absolute atomic E-state index is 12.5. The van der Waals surface area contributed by atoms with Crippen LogP contribution in [0.2, 0.25) is 4.47 Å². The lowest BCUT2D eigenvalue weighted by molar-refractivity contribution is 0.0290. The molecule has 0 N–H and O–H groups in total. The first-order chi connectivity index (χ1) is 8.95. The third-order valence-corrected chi connectivity index (χ3v) is 6.85. The van der Waals surface area contributed by atoms with Crippen LogP contribution in [0, 0.1) is 6.92 Å². The lowest BCUT2D eigenvalue weighted by Crippen LogP contribution is -2.40. The molecule has 0 amide bonds. The van der Waals surface area contributed by atoms with E-state index >= 15 is 0 Å². The third-order valence-electron chi connectivity index (χ3n) is 3.11. The molecule has 2 rings (SSSR count).